The topological polar surface area (TPSA) is 87.1 Å². The fourth-order valence-electron chi connectivity index (χ4n) is 2.23. The second kappa shape index (κ2) is 4.23. The number of sulfone groups is 1. The van der Waals surface area contributed by atoms with Gasteiger partial charge in [-0.1, -0.05) is 12.1 Å². The Bertz CT molecular complexity index is 841. The highest BCUT2D eigenvalue weighted by Gasteiger charge is 2.35. The monoisotopic (exact) mass is 285 g/mol. The number of hydrogen-bond donors (Lipinski definition) is 2. The van der Waals surface area contributed by atoms with E-state index >= 15 is 0 Å². The fourth-order valence-corrected chi connectivity index (χ4v) is 3.91. The maximum atomic E-state index is 12.6. The lowest BCUT2D eigenvalue weighted by atomic mass is 10.0. The van der Waals surface area contributed by atoms with E-state index in [9.17, 15) is 13.2 Å². The van der Waals surface area contributed by atoms with Crippen LogP contribution in [0.15, 0.2) is 52.3 Å². The van der Waals surface area contributed by atoms with Gasteiger partial charge in [0.05, 0.1) is 11.0 Å². The zero-order chi connectivity index (χ0) is 14.3. The highest BCUT2D eigenvalue weighted by molar-refractivity contribution is 7.91. The summed E-state index contributed by atoms with van der Waals surface area (Å²) in [7, 11) is -3.72. The minimum atomic E-state index is -3.72. The number of rotatable bonds is 2. The smallest absolute Gasteiger partial charge is 0.289 e. The SMILES string of the molecule is N=[C+]Nc1ccc2c(c1)S(=O)(=O)c1ccccc1C2=O. The first-order valence-corrected chi connectivity index (χ1v) is 7.24. The van der Waals surface area contributed by atoms with Crippen LogP contribution in [-0.4, -0.2) is 20.5 Å². The molecule has 2 aromatic carbocycles. The number of benzene rings is 2. The number of carbonyl (C=O) groups is 1. The largest absolute Gasteiger partial charge is 0.311 e. The number of fused-ring (bicyclic) bond motifs is 2. The van der Waals surface area contributed by atoms with Crippen LogP contribution in [0.1, 0.15) is 15.9 Å². The Kier molecular flexibility index (Phi) is 2.64. The van der Waals surface area contributed by atoms with Crippen LogP contribution in [0.4, 0.5) is 5.69 Å². The maximum Gasteiger partial charge on any atom is 0.311 e. The molecule has 0 aromatic heterocycles. The molecule has 5 nitrogen and oxygen atoms in total. The van der Waals surface area contributed by atoms with E-state index < -0.39 is 9.84 Å². The van der Waals surface area contributed by atoms with Crippen molar-refractivity contribution in [3.05, 3.63) is 53.6 Å². The first-order valence-electron chi connectivity index (χ1n) is 5.76. The van der Waals surface area contributed by atoms with Gasteiger partial charge in [-0.2, -0.15) is 0 Å². The highest BCUT2D eigenvalue weighted by Crippen LogP contribution is 2.35. The quantitative estimate of drug-likeness (QED) is 0.326. The minimum Gasteiger partial charge on any atom is -0.289 e. The number of nitrogens with one attached hydrogen (secondary N) is 2. The fraction of sp³-hybridized carbons (Fsp3) is 0. The molecule has 1 heterocycles. The van der Waals surface area contributed by atoms with Gasteiger partial charge >= 0.3 is 6.34 Å². The highest BCUT2D eigenvalue weighted by atomic mass is 32.2. The summed E-state index contributed by atoms with van der Waals surface area (Å²) in [5.74, 6) is -0.309. The maximum absolute atomic E-state index is 12.6. The van der Waals surface area contributed by atoms with Gasteiger partial charge in [0.2, 0.25) is 9.84 Å². The van der Waals surface area contributed by atoms with E-state index in [2.05, 4.69) is 5.32 Å². The summed E-state index contributed by atoms with van der Waals surface area (Å²) < 4.78 is 25.1. The molecule has 0 saturated carbocycles. The number of ketones is 1. The van der Waals surface area contributed by atoms with Gasteiger partial charge in [-0.15, -0.1) is 10.7 Å². The second-order valence-corrected chi connectivity index (χ2v) is 6.18. The third-order valence-electron chi connectivity index (χ3n) is 3.14. The van der Waals surface area contributed by atoms with Gasteiger partial charge in [0.1, 0.15) is 4.90 Å². The van der Waals surface area contributed by atoms with Gasteiger partial charge < -0.3 is 0 Å². The van der Waals surface area contributed by atoms with E-state index in [0.29, 0.717) is 5.69 Å². The van der Waals surface area contributed by atoms with Gasteiger partial charge in [-0.05, 0) is 18.2 Å². The zero-order valence-electron chi connectivity index (χ0n) is 10.2. The lowest BCUT2D eigenvalue weighted by molar-refractivity contribution is 0.103. The molecule has 0 spiro atoms. The molecule has 2 aromatic rings. The predicted octanol–water partition coefficient (Wildman–Crippen LogP) is 1.96. The van der Waals surface area contributed by atoms with Crippen LogP contribution in [0.2, 0.25) is 0 Å². The van der Waals surface area contributed by atoms with Crippen LogP contribution in [0, 0.1) is 5.41 Å². The molecule has 0 fully saturated rings. The summed E-state index contributed by atoms with van der Waals surface area (Å²) in [5.41, 5.74) is 0.744. The number of carbonyl (C=O) groups excluding carboxylic acids is 1. The van der Waals surface area contributed by atoms with Crippen LogP contribution >= 0.6 is 0 Å². The van der Waals surface area contributed by atoms with Gasteiger partial charge in [-0.25, -0.2) is 8.42 Å². The van der Waals surface area contributed by atoms with Crippen molar-refractivity contribution in [3.63, 3.8) is 0 Å². The molecular weight excluding hydrogens is 276 g/mol. The van der Waals surface area contributed by atoms with Crippen molar-refractivity contribution in [1.82, 2.24) is 0 Å². The molecule has 6 heteroatoms. The van der Waals surface area contributed by atoms with Gasteiger partial charge in [0, 0.05) is 17.2 Å². The van der Waals surface area contributed by atoms with Gasteiger partial charge in [0.25, 0.3) is 0 Å². The third kappa shape index (κ3) is 1.63. The zero-order valence-corrected chi connectivity index (χ0v) is 11.0. The molecule has 0 atom stereocenters. The van der Waals surface area contributed by atoms with E-state index in [1.807, 2.05) is 6.34 Å². The predicted molar refractivity (Wildman–Crippen MR) is 73.1 cm³/mol. The molecule has 98 valence electrons. The summed E-state index contributed by atoms with van der Waals surface area (Å²) >= 11 is 0. The molecule has 0 radical (unpaired) electrons. The lowest BCUT2D eigenvalue weighted by Crippen LogP contribution is -2.20. The summed E-state index contributed by atoms with van der Waals surface area (Å²) in [4.78, 5) is 12.3. The standard InChI is InChI=1S/C14H8N2O3S/c15-8-16-9-5-6-11-13(7-9)20(18,19)12-4-2-1-3-10(12)14(11)17/h1-7H,(H-,15,16,17)/p+1. The van der Waals surface area contributed by atoms with Gasteiger partial charge in [0.15, 0.2) is 11.5 Å². The molecule has 3 rings (SSSR count). The average molecular weight is 285 g/mol. The molecule has 0 bridgehead atoms. The Morgan fingerprint density at radius 2 is 1.70 bits per heavy atom. The van der Waals surface area contributed by atoms with E-state index in [4.69, 9.17) is 5.41 Å². The van der Waals surface area contributed by atoms with Crippen LogP contribution < -0.4 is 5.32 Å². The molecule has 0 saturated heterocycles. The second-order valence-electron chi connectivity index (χ2n) is 4.29. The van der Waals surface area contributed by atoms with Crippen molar-refractivity contribution in [2.24, 2.45) is 0 Å². The molecule has 0 aliphatic carbocycles. The van der Waals surface area contributed by atoms with E-state index in [-0.39, 0.29) is 26.7 Å². The van der Waals surface area contributed by atoms with Crippen LogP contribution in [0.25, 0.3) is 0 Å². The molecule has 1 aliphatic rings. The number of anilines is 1. The molecule has 1 aliphatic heterocycles. The molecule has 2 N–H and O–H groups in total. The average Bonchev–Trinajstić information content (AvgIpc) is 2.46. The van der Waals surface area contributed by atoms with Gasteiger partial charge in [-0.3, -0.25) is 4.79 Å². The van der Waals surface area contributed by atoms with Crippen molar-refractivity contribution < 1.29 is 13.2 Å². The Hall–Kier alpha value is -2.56. The van der Waals surface area contributed by atoms with Crippen LogP contribution in [-0.2, 0) is 9.84 Å². The van der Waals surface area contributed by atoms with Crippen molar-refractivity contribution in [3.8, 4) is 0 Å². The summed E-state index contributed by atoms with van der Waals surface area (Å²) in [6.45, 7) is 0. The number of hydrogen-bond acceptors (Lipinski definition) is 4. The Labute approximate surface area is 115 Å². The Morgan fingerprint density at radius 3 is 2.45 bits per heavy atom. The summed E-state index contributed by atoms with van der Waals surface area (Å²) in [5, 5.41) is 9.33. The van der Waals surface area contributed by atoms with Crippen molar-refractivity contribution in [2.45, 2.75) is 9.79 Å². The van der Waals surface area contributed by atoms with Crippen molar-refractivity contribution >= 4 is 27.6 Å². The molecule has 20 heavy (non-hydrogen) atoms. The van der Waals surface area contributed by atoms with Crippen LogP contribution in [0.5, 0.6) is 0 Å². The van der Waals surface area contributed by atoms with Crippen LogP contribution in [0.3, 0.4) is 0 Å². The van der Waals surface area contributed by atoms with E-state index in [1.54, 1.807) is 18.2 Å². The molecule has 0 unspecified atom stereocenters. The van der Waals surface area contributed by atoms with Crippen molar-refractivity contribution in [1.29, 1.82) is 5.41 Å². The Balaban J connectivity index is 2.32. The summed E-state index contributed by atoms with van der Waals surface area (Å²) in [6, 6.07) is 10.5. The lowest BCUT2D eigenvalue weighted by Gasteiger charge is -2.17. The molecular formula is C14H9N2O3S+. The first-order chi connectivity index (χ1) is 9.55. The third-order valence-corrected chi connectivity index (χ3v) is 5.00. The first kappa shape index (κ1) is 12.5. The van der Waals surface area contributed by atoms with E-state index in [0.717, 1.165) is 0 Å². The minimum absolute atomic E-state index is 0.0217. The van der Waals surface area contributed by atoms with Crippen molar-refractivity contribution in [2.75, 3.05) is 5.32 Å². The molecule has 0 amide bonds. The summed E-state index contributed by atoms with van der Waals surface area (Å²) in [6.07, 6.45) is 1.97. The Morgan fingerprint density at radius 1 is 1.00 bits per heavy atom. The van der Waals surface area contributed by atoms with E-state index in [1.165, 1.54) is 24.3 Å². The normalized spacial score (nSPS) is 14.9.